The number of carboxylic acids is 2. The number of nitrogens with two attached hydrogens (primary N) is 1. The molecular formula is C24H25N7O7S4. The van der Waals surface area contributed by atoms with Gasteiger partial charge in [0.1, 0.15) is 24.0 Å². The van der Waals surface area contributed by atoms with Gasteiger partial charge in [0.25, 0.3) is 11.8 Å². The first-order valence-electron chi connectivity index (χ1n) is 12.3. The van der Waals surface area contributed by atoms with E-state index < -0.39 is 40.8 Å². The van der Waals surface area contributed by atoms with Gasteiger partial charge < -0.3 is 35.8 Å². The molecule has 0 aromatic carbocycles. The highest BCUT2D eigenvalue weighted by atomic mass is 32.2. The van der Waals surface area contributed by atoms with Crippen molar-refractivity contribution in [3.63, 3.8) is 0 Å². The standard InChI is InChI=1S/C24H25N7O7S4/c1-24(2,22(36)37)38-28-17(30-7-14(25)41-10-30)18(32)27-15-19(33)31-16(21(34)35)11(8-39-20(15)31)9-40-23-26-12-6-29(3)5-4-13(12)42-23/h4-7,15,20H,8-10,25H2,1-3H3,(H2-,27,32,34,35,36,37)/b28-17-/t15?,20-/m0/s1. The SMILES string of the molecule is C[n+]1ccc2sc(SCC3=C(C(=O)[O-])N4C(=O)C(NC(=O)/C(=N/OC(C)(C)C(=O)O)N5C=C(N)SC5)[C@@H]4SC3)nc2c1. The third kappa shape index (κ3) is 5.88. The van der Waals surface area contributed by atoms with Gasteiger partial charge in [0.05, 0.1) is 27.3 Å². The number of hydrogen-bond acceptors (Lipinski definition) is 13. The van der Waals surface area contributed by atoms with Crippen LogP contribution in [0.25, 0.3) is 10.2 Å². The summed E-state index contributed by atoms with van der Waals surface area (Å²) in [6, 6.07) is 0.908. The number of amides is 2. The maximum Gasteiger partial charge on any atom is 0.350 e. The lowest BCUT2D eigenvalue weighted by atomic mass is 10.0. The minimum Gasteiger partial charge on any atom is -0.543 e. The summed E-state index contributed by atoms with van der Waals surface area (Å²) in [5, 5.41) is 27.6. The van der Waals surface area contributed by atoms with E-state index in [2.05, 4.69) is 15.5 Å². The summed E-state index contributed by atoms with van der Waals surface area (Å²) in [4.78, 5) is 62.3. The van der Waals surface area contributed by atoms with Crippen LogP contribution < -0.4 is 20.7 Å². The number of β-lactam (4-membered cyclic amide) rings is 1. The first-order valence-corrected chi connectivity index (χ1v) is 16.1. The largest absolute Gasteiger partial charge is 0.543 e. The zero-order valence-electron chi connectivity index (χ0n) is 22.4. The number of carboxylic acid groups (broad SMARTS) is 2. The van der Waals surface area contributed by atoms with Gasteiger partial charge in [-0.3, -0.25) is 14.5 Å². The van der Waals surface area contributed by atoms with E-state index in [9.17, 15) is 29.4 Å². The predicted molar refractivity (Wildman–Crippen MR) is 155 cm³/mol. The molecule has 2 aromatic heterocycles. The smallest absolute Gasteiger partial charge is 0.350 e. The van der Waals surface area contributed by atoms with Crippen LogP contribution in [0.5, 0.6) is 0 Å². The van der Waals surface area contributed by atoms with Crippen LogP contribution in [0.2, 0.25) is 0 Å². The molecule has 2 aromatic rings. The van der Waals surface area contributed by atoms with Gasteiger partial charge in [-0.2, -0.15) is 0 Å². The summed E-state index contributed by atoms with van der Waals surface area (Å²) >= 11 is 5.41. The highest BCUT2D eigenvalue weighted by Gasteiger charge is 2.53. The Morgan fingerprint density at radius 2 is 2.17 bits per heavy atom. The Balaban J connectivity index is 1.31. The number of thiazole rings is 1. The van der Waals surface area contributed by atoms with Crippen molar-refractivity contribution in [3.05, 3.63) is 41.0 Å². The molecule has 0 radical (unpaired) electrons. The maximum absolute atomic E-state index is 13.3. The van der Waals surface area contributed by atoms with Crippen LogP contribution in [-0.2, 0) is 31.1 Å². The van der Waals surface area contributed by atoms with Gasteiger partial charge in [0, 0.05) is 23.8 Å². The van der Waals surface area contributed by atoms with E-state index in [1.165, 1.54) is 71.6 Å². The molecule has 2 amide bonds. The van der Waals surface area contributed by atoms with Crippen LogP contribution in [0.15, 0.2) is 50.5 Å². The van der Waals surface area contributed by atoms with Crippen LogP contribution in [0.1, 0.15) is 13.8 Å². The fourth-order valence-electron chi connectivity index (χ4n) is 4.07. The molecule has 5 rings (SSSR count). The Morgan fingerprint density at radius 3 is 2.83 bits per heavy atom. The Kier molecular flexibility index (Phi) is 8.32. The second kappa shape index (κ2) is 11.7. The monoisotopic (exact) mass is 651 g/mol. The van der Waals surface area contributed by atoms with Crippen LogP contribution >= 0.6 is 46.6 Å². The van der Waals surface area contributed by atoms with Gasteiger partial charge in [0.15, 0.2) is 16.7 Å². The maximum atomic E-state index is 13.3. The average Bonchev–Trinajstić information content (AvgIpc) is 3.54. The van der Waals surface area contributed by atoms with Crippen molar-refractivity contribution in [1.82, 2.24) is 20.1 Å². The van der Waals surface area contributed by atoms with E-state index in [1.54, 1.807) is 0 Å². The molecule has 2 atom stereocenters. The zero-order valence-corrected chi connectivity index (χ0v) is 25.7. The van der Waals surface area contributed by atoms with Crippen molar-refractivity contribution >= 4 is 86.4 Å². The Hall–Kier alpha value is -3.48. The molecule has 14 nitrogen and oxygen atoms in total. The number of pyridine rings is 1. The number of rotatable bonds is 8. The van der Waals surface area contributed by atoms with Gasteiger partial charge in [-0.15, -0.1) is 23.1 Å². The van der Waals surface area contributed by atoms with Crippen LogP contribution in [-0.4, -0.2) is 83.9 Å². The number of thioether (sulfide) groups is 3. The number of oxime groups is 1. The van der Waals surface area contributed by atoms with Crippen molar-refractivity contribution in [3.8, 4) is 0 Å². The first-order chi connectivity index (χ1) is 19.9. The van der Waals surface area contributed by atoms with Crippen molar-refractivity contribution in [2.45, 2.75) is 35.2 Å². The lowest BCUT2D eigenvalue weighted by Crippen LogP contribution is -2.71. The number of carbonyl (C=O) groups excluding carboxylic acids is 3. The number of amidine groups is 1. The summed E-state index contributed by atoms with van der Waals surface area (Å²) in [5.74, 6) is -3.71. The van der Waals surface area contributed by atoms with E-state index in [-0.39, 0.29) is 17.4 Å². The molecule has 18 heteroatoms. The van der Waals surface area contributed by atoms with Gasteiger partial charge in [-0.05, 0) is 19.4 Å². The van der Waals surface area contributed by atoms with E-state index >= 15 is 0 Å². The van der Waals surface area contributed by atoms with Gasteiger partial charge >= 0.3 is 5.97 Å². The van der Waals surface area contributed by atoms with E-state index in [0.29, 0.717) is 22.1 Å². The lowest BCUT2D eigenvalue weighted by molar-refractivity contribution is -0.670. The van der Waals surface area contributed by atoms with E-state index in [0.717, 1.165) is 19.5 Å². The van der Waals surface area contributed by atoms with Gasteiger partial charge in [-0.25, -0.2) is 14.3 Å². The van der Waals surface area contributed by atoms with Gasteiger partial charge in [0.2, 0.25) is 11.4 Å². The second-order valence-corrected chi connectivity index (χ2v) is 14.2. The Morgan fingerprint density at radius 1 is 1.40 bits per heavy atom. The third-order valence-corrected chi connectivity index (χ3v) is 10.8. The molecule has 3 aliphatic heterocycles. The fourth-order valence-corrected chi connectivity index (χ4v) is 8.28. The molecule has 3 aliphatic rings. The molecule has 1 unspecified atom stereocenters. The number of carbonyl (C=O) groups is 4. The van der Waals surface area contributed by atoms with Crippen molar-refractivity contribution < 1.29 is 38.8 Å². The number of nitrogens with zero attached hydrogens (tertiary/aromatic N) is 5. The molecule has 0 aliphatic carbocycles. The Bertz CT molecular complexity index is 1590. The summed E-state index contributed by atoms with van der Waals surface area (Å²) in [6.07, 6.45) is 5.26. The minimum atomic E-state index is -1.73. The molecule has 5 heterocycles. The molecule has 222 valence electrons. The summed E-state index contributed by atoms with van der Waals surface area (Å²) in [6.45, 7) is 2.54. The predicted octanol–water partition coefficient (Wildman–Crippen LogP) is -0.426. The van der Waals surface area contributed by atoms with Gasteiger partial charge in [-0.1, -0.05) is 28.7 Å². The molecule has 0 spiro atoms. The summed E-state index contributed by atoms with van der Waals surface area (Å²) in [7, 11) is 1.90. The molecule has 1 saturated heterocycles. The second-order valence-electron chi connectivity index (χ2n) is 9.83. The topological polar surface area (TPSA) is 194 Å². The number of aryl methyl sites for hydroxylation is 1. The Labute approximate surface area is 256 Å². The quantitative estimate of drug-likeness (QED) is 0.0832. The van der Waals surface area contributed by atoms with Crippen molar-refractivity contribution in [2.24, 2.45) is 17.9 Å². The number of fused-ring (bicyclic) bond motifs is 2. The summed E-state index contributed by atoms with van der Waals surface area (Å²) < 4.78 is 3.67. The van der Waals surface area contributed by atoms with Crippen LogP contribution in [0.3, 0.4) is 0 Å². The molecular weight excluding hydrogens is 627 g/mol. The lowest BCUT2D eigenvalue weighted by Gasteiger charge is -2.50. The zero-order chi connectivity index (χ0) is 30.3. The third-order valence-electron chi connectivity index (χ3n) is 6.35. The van der Waals surface area contributed by atoms with Crippen LogP contribution in [0, 0.1) is 0 Å². The average molecular weight is 652 g/mol. The first kappa shape index (κ1) is 30.0. The molecule has 0 saturated carbocycles. The highest BCUT2D eigenvalue weighted by Crippen LogP contribution is 2.42. The molecule has 4 N–H and O–H groups in total. The van der Waals surface area contributed by atoms with E-state index in [1.807, 2.05) is 30.1 Å². The van der Waals surface area contributed by atoms with Crippen LogP contribution in [0.4, 0.5) is 0 Å². The molecule has 1 fully saturated rings. The summed E-state index contributed by atoms with van der Waals surface area (Å²) in [5.41, 5.74) is 5.22. The van der Waals surface area contributed by atoms with Crippen molar-refractivity contribution in [2.75, 3.05) is 17.4 Å². The molecule has 0 bridgehead atoms. The number of aromatic nitrogens is 2. The molecule has 42 heavy (non-hydrogen) atoms. The van der Waals surface area contributed by atoms with Crippen molar-refractivity contribution in [1.29, 1.82) is 0 Å². The minimum absolute atomic E-state index is 0.207. The fraction of sp³-hybridized carbons (Fsp3) is 0.375. The number of hydrogen-bond donors (Lipinski definition) is 3. The highest BCUT2D eigenvalue weighted by molar-refractivity contribution is 8.03. The number of nitrogens with one attached hydrogen (secondary N) is 1. The van der Waals surface area contributed by atoms with E-state index in [4.69, 9.17) is 10.6 Å². The number of aliphatic carboxylic acids is 2. The normalized spacial score (nSPS) is 20.8.